The number of hydrogen-bond donors (Lipinski definition) is 0. The molecule has 1 aliphatic heterocycles. The molecule has 0 aliphatic carbocycles. The first-order chi connectivity index (χ1) is 9.67. The van der Waals surface area contributed by atoms with E-state index in [2.05, 4.69) is 15.1 Å². The molecule has 0 saturated carbocycles. The number of aryl methyl sites for hydroxylation is 1. The van der Waals surface area contributed by atoms with Gasteiger partial charge in [-0.3, -0.25) is 4.79 Å². The van der Waals surface area contributed by atoms with Gasteiger partial charge in [-0.15, -0.1) is 0 Å². The topological polar surface area (TPSA) is 63.9 Å². The minimum atomic E-state index is -0.0136. The van der Waals surface area contributed by atoms with Crippen molar-refractivity contribution >= 4 is 17.5 Å². The highest BCUT2D eigenvalue weighted by molar-refractivity contribution is 6.29. The molecule has 0 bridgehead atoms. The van der Waals surface area contributed by atoms with Crippen LogP contribution in [0.4, 0.5) is 0 Å². The van der Waals surface area contributed by atoms with Gasteiger partial charge in [-0.1, -0.05) is 18.5 Å². The van der Waals surface area contributed by atoms with E-state index in [0.29, 0.717) is 23.8 Å². The van der Waals surface area contributed by atoms with Crippen LogP contribution in [-0.2, 0) is 6.42 Å². The fraction of sp³-hybridized carbons (Fsp3) is 0.385. The van der Waals surface area contributed by atoms with Gasteiger partial charge in [0.2, 0.25) is 0 Å². The van der Waals surface area contributed by atoms with Gasteiger partial charge < -0.3 is 4.90 Å². The second-order valence-corrected chi connectivity index (χ2v) is 5.15. The Morgan fingerprint density at radius 3 is 2.90 bits per heavy atom. The molecule has 0 spiro atoms. The Bertz CT molecular complexity index is 622. The maximum Gasteiger partial charge on any atom is 0.254 e. The molecule has 20 heavy (non-hydrogen) atoms. The van der Waals surface area contributed by atoms with Crippen LogP contribution in [0.15, 0.2) is 24.8 Å². The van der Waals surface area contributed by atoms with Gasteiger partial charge >= 0.3 is 0 Å². The molecule has 6 nitrogen and oxygen atoms in total. The average molecular weight is 292 g/mol. The van der Waals surface area contributed by atoms with Crippen LogP contribution in [-0.4, -0.2) is 43.6 Å². The largest absolute Gasteiger partial charge is 0.334 e. The smallest absolute Gasteiger partial charge is 0.254 e. The van der Waals surface area contributed by atoms with E-state index in [4.69, 9.17) is 11.6 Å². The van der Waals surface area contributed by atoms with Crippen molar-refractivity contribution in [2.45, 2.75) is 19.4 Å². The summed E-state index contributed by atoms with van der Waals surface area (Å²) in [4.78, 5) is 22.2. The maximum atomic E-state index is 12.4. The molecule has 0 unspecified atom stereocenters. The Balaban J connectivity index is 1.70. The summed E-state index contributed by atoms with van der Waals surface area (Å²) < 4.78 is 1.78. The number of likely N-dealkylation sites (tertiary alicyclic amines) is 1. The van der Waals surface area contributed by atoms with Crippen LogP contribution >= 0.6 is 11.6 Å². The first-order valence-electron chi connectivity index (χ1n) is 6.47. The Morgan fingerprint density at radius 1 is 1.45 bits per heavy atom. The number of carbonyl (C=O) groups excluding carboxylic acids is 1. The van der Waals surface area contributed by atoms with Gasteiger partial charge in [0, 0.05) is 24.3 Å². The molecule has 3 heterocycles. The van der Waals surface area contributed by atoms with Crippen LogP contribution in [0.25, 0.3) is 0 Å². The molecular weight excluding hydrogens is 278 g/mol. The number of hydrogen-bond acceptors (Lipinski definition) is 4. The normalized spacial score (nSPS) is 15.2. The molecule has 1 fully saturated rings. The molecule has 0 aromatic carbocycles. The van der Waals surface area contributed by atoms with Gasteiger partial charge in [-0.25, -0.2) is 14.6 Å². The number of rotatable bonds is 3. The van der Waals surface area contributed by atoms with E-state index in [0.717, 1.165) is 12.1 Å². The van der Waals surface area contributed by atoms with Crippen molar-refractivity contribution in [1.29, 1.82) is 0 Å². The summed E-state index contributed by atoms with van der Waals surface area (Å²) in [5.41, 5.74) is 1.42. The summed E-state index contributed by atoms with van der Waals surface area (Å²) in [6, 6.07) is 3.63. The van der Waals surface area contributed by atoms with E-state index in [1.807, 2.05) is 6.92 Å². The number of amides is 1. The monoisotopic (exact) mass is 291 g/mol. The summed E-state index contributed by atoms with van der Waals surface area (Å²) in [5, 5.41) is 4.44. The Morgan fingerprint density at radius 2 is 2.25 bits per heavy atom. The summed E-state index contributed by atoms with van der Waals surface area (Å²) in [5.74, 6) is -0.0136. The number of carbonyl (C=O) groups is 1. The third kappa shape index (κ3) is 2.38. The van der Waals surface area contributed by atoms with Crippen LogP contribution in [0.2, 0.25) is 5.15 Å². The first-order valence-corrected chi connectivity index (χ1v) is 6.85. The fourth-order valence-electron chi connectivity index (χ4n) is 2.23. The van der Waals surface area contributed by atoms with Crippen molar-refractivity contribution in [2.75, 3.05) is 13.1 Å². The third-order valence-corrected chi connectivity index (χ3v) is 3.61. The van der Waals surface area contributed by atoms with Gasteiger partial charge in [0.05, 0.1) is 6.04 Å². The Labute approximate surface area is 121 Å². The molecule has 1 aliphatic rings. The SMILES string of the molecule is CCc1cc(C(=O)N2CC(n3cncn3)C2)cc(Cl)n1. The second-order valence-electron chi connectivity index (χ2n) is 4.76. The lowest BCUT2D eigenvalue weighted by Gasteiger charge is -2.38. The minimum Gasteiger partial charge on any atom is -0.334 e. The molecule has 3 rings (SSSR count). The van der Waals surface area contributed by atoms with Gasteiger partial charge in [-0.2, -0.15) is 5.10 Å². The Kier molecular flexibility index (Phi) is 3.40. The van der Waals surface area contributed by atoms with Crippen molar-refractivity contribution in [3.63, 3.8) is 0 Å². The quantitative estimate of drug-likeness (QED) is 0.806. The van der Waals surface area contributed by atoms with Crippen molar-refractivity contribution < 1.29 is 4.79 Å². The van der Waals surface area contributed by atoms with Crippen molar-refractivity contribution in [3.8, 4) is 0 Å². The molecule has 7 heteroatoms. The lowest BCUT2D eigenvalue weighted by atomic mass is 10.1. The highest BCUT2D eigenvalue weighted by Gasteiger charge is 2.33. The van der Waals surface area contributed by atoms with E-state index >= 15 is 0 Å². The number of aromatic nitrogens is 4. The standard InChI is InChI=1S/C13H14ClN5O/c1-2-10-3-9(4-12(14)17-10)13(20)18-5-11(6-18)19-8-15-7-16-19/h3-4,7-8,11H,2,5-6H2,1H3. The van der Waals surface area contributed by atoms with Crippen molar-refractivity contribution in [2.24, 2.45) is 0 Å². The Hall–Kier alpha value is -1.95. The minimum absolute atomic E-state index is 0.0136. The second kappa shape index (κ2) is 5.20. The van der Waals surface area contributed by atoms with Crippen LogP contribution in [0, 0.1) is 0 Å². The molecular formula is C13H14ClN5O. The molecule has 104 valence electrons. The maximum absolute atomic E-state index is 12.4. The zero-order chi connectivity index (χ0) is 14.1. The number of halogens is 1. The lowest BCUT2D eigenvalue weighted by molar-refractivity contribution is 0.0500. The summed E-state index contributed by atoms with van der Waals surface area (Å²) in [7, 11) is 0. The highest BCUT2D eigenvalue weighted by atomic mass is 35.5. The van der Waals surface area contributed by atoms with Gasteiger partial charge in [0.25, 0.3) is 5.91 Å². The number of nitrogens with zero attached hydrogens (tertiary/aromatic N) is 5. The van der Waals surface area contributed by atoms with Gasteiger partial charge in [-0.05, 0) is 18.6 Å². The molecule has 2 aromatic rings. The van der Waals surface area contributed by atoms with Crippen LogP contribution < -0.4 is 0 Å². The van der Waals surface area contributed by atoms with Crippen molar-refractivity contribution in [1.82, 2.24) is 24.6 Å². The van der Waals surface area contributed by atoms with E-state index in [1.54, 1.807) is 28.0 Å². The molecule has 2 aromatic heterocycles. The highest BCUT2D eigenvalue weighted by Crippen LogP contribution is 2.23. The molecule has 1 saturated heterocycles. The van der Waals surface area contributed by atoms with E-state index in [1.165, 1.54) is 6.33 Å². The zero-order valence-electron chi connectivity index (χ0n) is 11.0. The lowest BCUT2D eigenvalue weighted by Crippen LogP contribution is -2.50. The number of pyridine rings is 1. The summed E-state index contributed by atoms with van der Waals surface area (Å²) in [6.45, 7) is 3.27. The predicted octanol–water partition coefficient (Wildman–Crippen LogP) is 1.59. The van der Waals surface area contributed by atoms with E-state index in [-0.39, 0.29) is 11.9 Å². The third-order valence-electron chi connectivity index (χ3n) is 3.42. The van der Waals surface area contributed by atoms with E-state index in [9.17, 15) is 4.79 Å². The van der Waals surface area contributed by atoms with E-state index < -0.39 is 0 Å². The zero-order valence-corrected chi connectivity index (χ0v) is 11.8. The summed E-state index contributed by atoms with van der Waals surface area (Å²) >= 11 is 5.94. The molecule has 0 radical (unpaired) electrons. The molecule has 0 atom stereocenters. The average Bonchev–Trinajstić information content (AvgIpc) is 2.89. The fourth-order valence-corrected chi connectivity index (χ4v) is 2.46. The van der Waals surface area contributed by atoms with Crippen LogP contribution in [0.1, 0.15) is 29.0 Å². The first kappa shape index (κ1) is 13.1. The molecule has 1 amide bonds. The van der Waals surface area contributed by atoms with Crippen LogP contribution in [0.3, 0.4) is 0 Å². The summed E-state index contributed by atoms with van der Waals surface area (Å²) in [6.07, 6.45) is 3.92. The predicted molar refractivity (Wildman–Crippen MR) is 73.6 cm³/mol. The molecule has 0 N–H and O–H groups in total. The van der Waals surface area contributed by atoms with Crippen LogP contribution in [0.5, 0.6) is 0 Å². The van der Waals surface area contributed by atoms with Crippen molar-refractivity contribution in [3.05, 3.63) is 41.2 Å². The van der Waals surface area contributed by atoms with Gasteiger partial charge in [0.1, 0.15) is 17.8 Å². The van der Waals surface area contributed by atoms with Gasteiger partial charge in [0.15, 0.2) is 0 Å².